The molecule has 0 amide bonds. The van der Waals surface area contributed by atoms with E-state index in [4.69, 9.17) is 23.2 Å². The molecular formula is C11H12Cl2O2. The van der Waals surface area contributed by atoms with Gasteiger partial charge in [0.1, 0.15) is 0 Å². The fourth-order valence-electron chi connectivity index (χ4n) is 2.24. The predicted molar refractivity (Wildman–Crippen MR) is 60.7 cm³/mol. The molecule has 0 bridgehead atoms. The second-order valence-corrected chi connectivity index (χ2v) is 4.44. The standard InChI is InChI=1S/C11H12Cl2O2/c1-3-6-5-7(4-2)9(11(13)15)8(6)10(12)14/h3-4,6-9H,1-2,5H2. The largest absolute Gasteiger partial charge is 0.281 e. The topological polar surface area (TPSA) is 34.1 Å². The lowest BCUT2D eigenvalue weighted by molar-refractivity contribution is -0.124. The molecule has 82 valence electrons. The monoisotopic (exact) mass is 246 g/mol. The minimum absolute atomic E-state index is 0.0919. The van der Waals surface area contributed by atoms with Gasteiger partial charge in [-0.3, -0.25) is 9.59 Å². The third-order valence-electron chi connectivity index (χ3n) is 2.98. The zero-order chi connectivity index (χ0) is 11.6. The molecule has 0 N–H and O–H groups in total. The number of hydrogen-bond acceptors (Lipinski definition) is 2. The van der Waals surface area contributed by atoms with Crippen LogP contribution in [0.25, 0.3) is 0 Å². The van der Waals surface area contributed by atoms with E-state index < -0.39 is 22.3 Å². The molecular weight excluding hydrogens is 235 g/mol. The minimum Gasteiger partial charge on any atom is -0.281 e. The Balaban J connectivity index is 3.05. The van der Waals surface area contributed by atoms with Gasteiger partial charge in [0.2, 0.25) is 10.5 Å². The van der Waals surface area contributed by atoms with E-state index >= 15 is 0 Å². The van der Waals surface area contributed by atoms with E-state index in [9.17, 15) is 9.59 Å². The SMILES string of the molecule is C=CC1CC(C=C)C(C(=O)Cl)C1C(=O)Cl. The van der Waals surface area contributed by atoms with Crippen LogP contribution in [-0.4, -0.2) is 10.5 Å². The third-order valence-corrected chi connectivity index (χ3v) is 3.49. The van der Waals surface area contributed by atoms with E-state index in [0.29, 0.717) is 6.42 Å². The number of halogens is 2. The van der Waals surface area contributed by atoms with Gasteiger partial charge in [-0.05, 0) is 41.5 Å². The van der Waals surface area contributed by atoms with Crippen molar-refractivity contribution < 1.29 is 9.59 Å². The van der Waals surface area contributed by atoms with Gasteiger partial charge < -0.3 is 0 Å². The van der Waals surface area contributed by atoms with Crippen molar-refractivity contribution in [3.8, 4) is 0 Å². The van der Waals surface area contributed by atoms with Crippen LogP contribution >= 0.6 is 23.2 Å². The number of carbonyl (C=O) groups is 2. The maximum absolute atomic E-state index is 11.3. The molecule has 1 rings (SSSR count). The number of hydrogen-bond donors (Lipinski definition) is 0. The molecule has 1 saturated carbocycles. The van der Waals surface area contributed by atoms with E-state index in [1.165, 1.54) is 0 Å². The minimum atomic E-state index is -0.558. The molecule has 1 fully saturated rings. The van der Waals surface area contributed by atoms with E-state index in [1.54, 1.807) is 12.2 Å². The summed E-state index contributed by atoms with van der Waals surface area (Å²) in [7, 11) is 0. The molecule has 15 heavy (non-hydrogen) atoms. The Morgan fingerprint density at radius 2 is 1.33 bits per heavy atom. The van der Waals surface area contributed by atoms with Crippen LogP contribution in [0.3, 0.4) is 0 Å². The van der Waals surface area contributed by atoms with Gasteiger partial charge in [-0.25, -0.2) is 0 Å². The molecule has 4 atom stereocenters. The van der Waals surface area contributed by atoms with Gasteiger partial charge in [0.05, 0.1) is 11.8 Å². The zero-order valence-electron chi connectivity index (χ0n) is 8.16. The Labute approximate surface area is 98.9 Å². The maximum Gasteiger partial charge on any atom is 0.226 e. The van der Waals surface area contributed by atoms with Crippen molar-refractivity contribution in [2.75, 3.05) is 0 Å². The average molecular weight is 247 g/mol. The van der Waals surface area contributed by atoms with Crippen LogP contribution < -0.4 is 0 Å². The summed E-state index contributed by atoms with van der Waals surface area (Å²) in [6.07, 6.45) is 3.96. The molecule has 1 aliphatic carbocycles. The highest BCUT2D eigenvalue weighted by Crippen LogP contribution is 2.44. The van der Waals surface area contributed by atoms with Gasteiger partial charge in [0, 0.05) is 0 Å². The van der Waals surface area contributed by atoms with Crippen molar-refractivity contribution in [1.29, 1.82) is 0 Å². The predicted octanol–water partition coefficient (Wildman–Crippen LogP) is 2.76. The fraction of sp³-hybridized carbons (Fsp3) is 0.455. The van der Waals surface area contributed by atoms with Gasteiger partial charge in [-0.2, -0.15) is 0 Å². The molecule has 0 saturated heterocycles. The first-order valence-corrected chi connectivity index (χ1v) is 5.42. The number of rotatable bonds is 4. The Hall–Kier alpha value is -0.600. The molecule has 4 unspecified atom stereocenters. The Morgan fingerprint density at radius 3 is 1.53 bits per heavy atom. The highest BCUT2D eigenvalue weighted by Gasteiger charge is 2.47. The Bertz CT molecular complexity index is 282. The van der Waals surface area contributed by atoms with Gasteiger partial charge in [-0.15, -0.1) is 13.2 Å². The summed E-state index contributed by atoms with van der Waals surface area (Å²) >= 11 is 11.0. The van der Waals surface area contributed by atoms with Crippen LogP contribution in [0.15, 0.2) is 25.3 Å². The molecule has 0 aromatic heterocycles. The summed E-state index contributed by atoms with van der Waals surface area (Å²) in [5, 5.41) is -1.05. The van der Waals surface area contributed by atoms with Crippen molar-refractivity contribution in [1.82, 2.24) is 0 Å². The summed E-state index contributed by atoms with van der Waals surface area (Å²) in [4.78, 5) is 22.5. The smallest absolute Gasteiger partial charge is 0.226 e. The van der Waals surface area contributed by atoms with Gasteiger partial charge in [0.25, 0.3) is 0 Å². The highest BCUT2D eigenvalue weighted by atomic mass is 35.5. The molecule has 0 spiro atoms. The van der Waals surface area contributed by atoms with Crippen LogP contribution in [0.4, 0.5) is 0 Å². The van der Waals surface area contributed by atoms with Crippen molar-refractivity contribution in [2.24, 2.45) is 23.7 Å². The van der Waals surface area contributed by atoms with Crippen LogP contribution in [0.1, 0.15) is 6.42 Å². The lowest BCUT2D eigenvalue weighted by atomic mass is 9.89. The lowest BCUT2D eigenvalue weighted by Crippen LogP contribution is -2.26. The molecule has 0 radical (unpaired) electrons. The average Bonchev–Trinajstić information content (AvgIpc) is 2.55. The summed E-state index contributed by atoms with van der Waals surface area (Å²) < 4.78 is 0. The van der Waals surface area contributed by atoms with Gasteiger partial charge in [0.15, 0.2) is 0 Å². The normalized spacial score (nSPS) is 34.8. The second-order valence-electron chi connectivity index (χ2n) is 3.69. The van der Waals surface area contributed by atoms with Crippen LogP contribution in [0.5, 0.6) is 0 Å². The summed E-state index contributed by atoms with van der Waals surface area (Å²) in [5.74, 6) is -1.30. The third kappa shape index (κ3) is 2.32. The second kappa shape index (κ2) is 4.95. The van der Waals surface area contributed by atoms with Crippen LogP contribution in [0.2, 0.25) is 0 Å². The van der Waals surface area contributed by atoms with Crippen molar-refractivity contribution >= 4 is 33.7 Å². The molecule has 0 aliphatic heterocycles. The van der Waals surface area contributed by atoms with Gasteiger partial charge >= 0.3 is 0 Å². The van der Waals surface area contributed by atoms with Crippen molar-refractivity contribution in [3.63, 3.8) is 0 Å². The van der Waals surface area contributed by atoms with E-state index in [0.717, 1.165) is 0 Å². The first kappa shape index (κ1) is 12.5. The molecule has 0 aromatic rings. The zero-order valence-corrected chi connectivity index (χ0v) is 9.67. The van der Waals surface area contributed by atoms with E-state index in [1.807, 2.05) is 0 Å². The Kier molecular flexibility index (Phi) is 4.12. The molecule has 0 aromatic carbocycles. The van der Waals surface area contributed by atoms with E-state index in [2.05, 4.69) is 13.2 Å². The summed E-state index contributed by atoms with van der Waals surface area (Å²) in [6, 6.07) is 0. The van der Waals surface area contributed by atoms with Crippen molar-refractivity contribution in [3.05, 3.63) is 25.3 Å². The molecule has 4 heteroatoms. The van der Waals surface area contributed by atoms with Crippen LogP contribution in [0, 0.1) is 23.7 Å². The number of carbonyl (C=O) groups excluding carboxylic acids is 2. The summed E-state index contributed by atoms with van der Waals surface area (Å²) in [6.45, 7) is 7.28. The lowest BCUT2D eigenvalue weighted by Gasteiger charge is -2.17. The van der Waals surface area contributed by atoms with E-state index in [-0.39, 0.29) is 11.8 Å². The summed E-state index contributed by atoms with van der Waals surface area (Å²) in [5.41, 5.74) is 0. The quantitative estimate of drug-likeness (QED) is 0.565. The molecule has 0 heterocycles. The Morgan fingerprint density at radius 1 is 1.00 bits per heavy atom. The first-order valence-electron chi connectivity index (χ1n) is 4.66. The first-order chi connectivity index (χ1) is 7.02. The number of allylic oxidation sites excluding steroid dienone is 2. The van der Waals surface area contributed by atoms with Crippen LogP contribution in [-0.2, 0) is 9.59 Å². The molecule has 1 aliphatic rings. The fourth-order valence-corrected chi connectivity index (χ4v) is 2.84. The highest BCUT2D eigenvalue weighted by molar-refractivity contribution is 6.66. The van der Waals surface area contributed by atoms with Crippen molar-refractivity contribution in [2.45, 2.75) is 6.42 Å². The van der Waals surface area contributed by atoms with Gasteiger partial charge in [-0.1, -0.05) is 12.2 Å². The molecule has 2 nitrogen and oxygen atoms in total. The maximum atomic E-state index is 11.3.